The number of nitrogens with zero attached hydrogens (tertiary/aromatic N) is 2. The number of halogens is 2. The normalized spacial score (nSPS) is 10.4. The summed E-state index contributed by atoms with van der Waals surface area (Å²) < 4.78 is 25.9. The fraction of sp³-hybridized carbons (Fsp3) is 0.167. The Morgan fingerprint density at radius 1 is 1.06 bits per heavy atom. The Morgan fingerprint density at radius 3 is 2.41 bits per heavy atom. The van der Waals surface area contributed by atoms with Gasteiger partial charge in [-0.15, -0.1) is 10.2 Å². The minimum absolute atomic E-state index is 0.502. The molecule has 2 aromatic rings. The van der Waals surface area contributed by atoms with Gasteiger partial charge in [0.05, 0.1) is 5.69 Å². The lowest BCUT2D eigenvalue weighted by Gasteiger charge is -2.05. The second-order valence-corrected chi connectivity index (χ2v) is 3.64. The molecular weight excluding hydrogens is 224 g/mol. The second kappa shape index (κ2) is 4.45. The molecule has 0 aliphatic carbocycles. The van der Waals surface area contributed by atoms with Crippen LogP contribution < -0.4 is 5.32 Å². The van der Waals surface area contributed by atoms with E-state index in [0.717, 1.165) is 17.7 Å². The van der Waals surface area contributed by atoms with Crippen molar-refractivity contribution in [2.24, 2.45) is 0 Å². The van der Waals surface area contributed by atoms with Gasteiger partial charge in [0.1, 0.15) is 0 Å². The van der Waals surface area contributed by atoms with Gasteiger partial charge in [-0.05, 0) is 36.8 Å². The molecule has 0 fully saturated rings. The lowest BCUT2D eigenvalue weighted by molar-refractivity contribution is 0.509. The van der Waals surface area contributed by atoms with Crippen molar-refractivity contribution in [3.05, 3.63) is 41.5 Å². The average molecular weight is 235 g/mol. The molecule has 0 unspecified atom stereocenters. The zero-order valence-electron chi connectivity index (χ0n) is 9.46. The number of aryl methyl sites for hydroxylation is 1. The summed E-state index contributed by atoms with van der Waals surface area (Å²) in [5.74, 6) is -1.10. The van der Waals surface area contributed by atoms with E-state index < -0.39 is 11.6 Å². The Balaban J connectivity index is 2.46. The second-order valence-electron chi connectivity index (χ2n) is 3.64. The summed E-state index contributed by atoms with van der Waals surface area (Å²) in [4.78, 5) is 0. The van der Waals surface area contributed by atoms with Crippen molar-refractivity contribution in [1.29, 1.82) is 0 Å². The first-order valence-electron chi connectivity index (χ1n) is 5.09. The molecule has 1 heterocycles. The van der Waals surface area contributed by atoms with E-state index in [1.165, 1.54) is 6.07 Å². The summed E-state index contributed by atoms with van der Waals surface area (Å²) in [5.41, 5.74) is 1.91. The number of hydrogen-bond donors (Lipinski definition) is 1. The topological polar surface area (TPSA) is 37.8 Å². The SMILES string of the molecule is CNc1nnc(-c2ccc(F)c(F)c2)cc1C. The molecule has 0 saturated heterocycles. The van der Waals surface area contributed by atoms with E-state index in [1.54, 1.807) is 13.1 Å². The summed E-state index contributed by atoms with van der Waals surface area (Å²) in [6.07, 6.45) is 0. The molecule has 0 aliphatic rings. The zero-order chi connectivity index (χ0) is 12.4. The average Bonchev–Trinajstić information content (AvgIpc) is 2.32. The van der Waals surface area contributed by atoms with Crippen LogP contribution >= 0.6 is 0 Å². The highest BCUT2D eigenvalue weighted by molar-refractivity contribution is 5.61. The maximum absolute atomic E-state index is 13.1. The van der Waals surface area contributed by atoms with Gasteiger partial charge in [-0.2, -0.15) is 0 Å². The van der Waals surface area contributed by atoms with Crippen molar-refractivity contribution in [1.82, 2.24) is 10.2 Å². The third kappa shape index (κ3) is 2.22. The van der Waals surface area contributed by atoms with Gasteiger partial charge in [0.25, 0.3) is 0 Å². The van der Waals surface area contributed by atoms with Gasteiger partial charge in [-0.25, -0.2) is 8.78 Å². The van der Waals surface area contributed by atoms with Gasteiger partial charge in [-0.3, -0.25) is 0 Å². The summed E-state index contributed by atoms with van der Waals surface area (Å²) in [6, 6.07) is 5.43. The maximum Gasteiger partial charge on any atom is 0.159 e. The van der Waals surface area contributed by atoms with E-state index in [-0.39, 0.29) is 0 Å². The van der Waals surface area contributed by atoms with E-state index in [9.17, 15) is 8.78 Å². The lowest BCUT2D eigenvalue weighted by atomic mass is 10.1. The first-order chi connectivity index (χ1) is 8.11. The van der Waals surface area contributed by atoms with Crippen LogP contribution in [0.5, 0.6) is 0 Å². The van der Waals surface area contributed by atoms with Crippen LogP contribution in [0, 0.1) is 18.6 Å². The first-order valence-corrected chi connectivity index (χ1v) is 5.09. The molecule has 2 rings (SSSR count). The van der Waals surface area contributed by atoms with Gasteiger partial charge in [0, 0.05) is 12.6 Å². The standard InChI is InChI=1S/C12H11F2N3/c1-7-5-11(16-17-12(7)15-2)8-3-4-9(13)10(14)6-8/h3-6H,1-2H3,(H,15,17). The van der Waals surface area contributed by atoms with Crippen LogP contribution in [0.4, 0.5) is 14.6 Å². The highest BCUT2D eigenvalue weighted by Crippen LogP contribution is 2.21. The number of anilines is 1. The molecule has 0 saturated carbocycles. The molecule has 17 heavy (non-hydrogen) atoms. The molecule has 0 radical (unpaired) electrons. The molecular formula is C12H11F2N3. The number of benzene rings is 1. The molecule has 0 bridgehead atoms. The van der Waals surface area contributed by atoms with Crippen molar-refractivity contribution < 1.29 is 8.78 Å². The van der Waals surface area contributed by atoms with Crippen LogP contribution in [0.2, 0.25) is 0 Å². The third-order valence-corrected chi connectivity index (χ3v) is 2.44. The van der Waals surface area contributed by atoms with E-state index in [4.69, 9.17) is 0 Å². The summed E-state index contributed by atoms with van der Waals surface area (Å²) in [6.45, 7) is 1.86. The fourth-order valence-electron chi connectivity index (χ4n) is 1.53. The molecule has 3 nitrogen and oxygen atoms in total. The van der Waals surface area contributed by atoms with Crippen LogP contribution in [-0.4, -0.2) is 17.2 Å². The van der Waals surface area contributed by atoms with Gasteiger partial charge in [0.2, 0.25) is 0 Å². The zero-order valence-corrected chi connectivity index (χ0v) is 9.46. The Morgan fingerprint density at radius 2 is 1.82 bits per heavy atom. The summed E-state index contributed by atoms with van der Waals surface area (Å²) in [7, 11) is 1.74. The van der Waals surface area contributed by atoms with E-state index in [2.05, 4.69) is 15.5 Å². The smallest absolute Gasteiger partial charge is 0.159 e. The molecule has 0 atom stereocenters. The number of nitrogens with one attached hydrogen (secondary N) is 1. The van der Waals surface area contributed by atoms with Crippen molar-refractivity contribution in [2.45, 2.75) is 6.92 Å². The quantitative estimate of drug-likeness (QED) is 0.869. The predicted molar refractivity (Wildman–Crippen MR) is 61.7 cm³/mol. The summed E-state index contributed by atoms with van der Waals surface area (Å²) in [5, 5.41) is 10.8. The Kier molecular flexibility index (Phi) is 2.99. The van der Waals surface area contributed by atoms with Gasteiger partial charge in [-0.1, -0.05) is 0 Å². The molecule has 5 heteroatoms. The van der Waals surface area contributed by atoms with Crippen LogP contribution in [0.1, 0.15) is 5.56 Å². The molecule has 0 aliphatic heterocycles. The monoisotopic (exact) mass is 235 g/mol. The van der Waals surface area contributed by atoms with Crippen molar-refractivity contribution in [3.8, 4) is 11.3 Å². The Bertz CT molecular complexity index is 555. The Hall–Kier alpha value is -2.04. The fourth-order valence-corrected chi connectivity index (χ4v) is 1.53. The molecule has 0 amide bonds. The number of rotatable bonds is 2. The van der Waals surface area contributed by atoms with Gasteiger partial charge in [0.15, 0.2) is 17.5 Å². The molecule has 0 spiro atoms. The van der Waals surface area contributed by atoms with Crippen molar-refractivity contribution in [3.63, 3.8) is 0 Å². The summed E-state index contributed by atoms with van der Waals surface area (Å²) >= 11 is 0. The maximum atomic E-state index is 13.1. The number of hydrogen-bond acceptors (Lipinski definition) is 3. The molecule has 88 valence electrons. The number of aromatic nitrogens is 2. The third-order valence-electron chi connectivity index (χ3n) is 2.44. The molecule has 1 N–H and O–H groups in total. The van der Waals surface area contributed by atoms with E-state index in [0.29, 0.717) is 17.1 Å². The van der Waals surface area contributed by atoms with Crippen LogP contribution in [-0.2, 0) is 0 Å². The van der Waals surface area contributed by atoms with Crippen LogP contribution in [0.15, 0.2) is 24.3 Å². The van der Waals surface area contributed by atoms with E-state index >= 15 is 0 Å². The molecule has 1 aromatic carbocycles. The predicted octanol–water partition coefficient (Wildman–Crippen LogP) is 2.77. The highest BCUT2D eigenvalue weighted by atomic mass is 19.2. The molecule has 1 aromatic heterocycles. The van der Waals surface area contributed by atoms with Crippen LogP contribution in [0.25, 0.3) is 11.3 Å². The van der Waals surface area contributed by atoms with Crippen molar-refractivity contribution >= 4 is 5.82 Å². The van der Waals surface area contributed by atoms with Gasteiger partial charge >= 0.3 is 0 Å². The van der Waals surface area contributed by atoms with Crippen molar-refractivity contribution in [2.75, 3.05) is 12.4 Å². The van der Waals surface area contributed by atoms with Gasteiger partial charge < -0.3 is 5.32 Å². The lowest BCUT2D eigenvalue weighted by Crippen LogP contribution is -1.99. The highest BCUT2D eigenvalue weighted by Gasteiger charge is 2.07. The minimum Gasteiger partial charge on any atom is -0.371 e. The van der Waals surface area contributed by atoms with Crippen LogP contribution in [0.3, 0.4) is 0 Å². The minimum atomic E-state index is -0.889. The first kappa shape index (κ1) is 11.4. The van der Waals surface area contributed by atoms with E-state index in [1.807, 2.05) is 6.92 Å². The Labute approximate surface area is 97.5 Å². The largest absolute Gasteiger partial charge is 0.371 e.